The maximum absolute atomic E-state index is 12.8. The molecule has 1 amide bonds. The third kappa shape index (κ3) is 2.80. The zero-order chi connectivity index (χ0) is 15.9. The Kier molecular flexibility index (Phi) is 3.83. The van der Waals surface area contributed by atoms with Gasteiger partial charge in [0.15, 0.2) is 17.1 Å². The molecule has 21 heavy (non-hydrogen) atoms. The van der Waals surface area contributed by atoms with Crippen molar-refractivity contribution in [2.75, 3.05) is 5.32 Å². The molecule has 0 unspecified atom stereocenters. The Morgan fingerprint density at radius 2 is 2.00 bits per heavy atom. The first-order valence-electron chi connectivity index (χ1n) is 5.66. The summed E-state index contributed by atoms with van der Waals surface area (Å²) >= 11 is 2.78. The van der Waals surface area contributed by atoms with Crippen molar-refractivity contribution in [2.24, 2.45) is 7.05 Å². The van der Waals surface area contributed by atoms with E-state index in [-0.39, 0.29) is 5.69 Å². The number of carbonyl (C=O) groups is 1. The Labute approximate surface area is 125 Å². The molecule has 0 aliphatic carbocycles. The fraction of sp³-hybridized carbons (Fsp3) is 0.364. The number of carbonyl (C=O) groups excluding carboxylic acids is 1. The van der Waals surface area contributed by atoms with Crippen molar-refractivity contribution in [1.29, 1.82) is 0 Å². The van der Waals surface area contributed by atoms with Crippen molar-refractivity contribution in [3.05, 3.63) is 27.3 Å². The molecule has 0 saturated heterocycles. The van der Waals surface area contributed by atoms with Crippen molar-refractivity contribution < 1.29 is 22.5 Å². The first-order chi connectivity index (χ1) is 9.62. The van der Waals surface area contributed by atoms with Gasteiger partial charge in [0.25, 0.3) is 5.91 Å². The molecule has 0 aliphatic rings. The van der Waals surface area contributed by atoms with Gasteiger partial charge in [-0.15, -0.1) is 0 Å². The van der Waals surface area contributed by atoms with Gasteiger partial charge >= 0.3 is 6.18 Å². The molecule has 0 saturated carbocycles. The lowest BCUT2D eigenvalue weighted by atomic mass is 10.3. The number of aromatic nitrogens is 3. The fourth-order valence-electron chi connectivity index (χ4n) is 1.79. The summed E-state index contributed by atoms with van der Waals surface area (Å²) in [5, 5.41) is 9.68. The van der Waals surface area contributed by atoms with E-state index in [1.54, 1.807) is 13.8 Å². The number of nitrogens with one attached hydrogen (secondary N) is 1. The second-order valence-corrected chi connectivity index (χ2v) is 5.08. The molecular weight excluding hydrogens is 357 g/mol. The van der Waals surface area contributed by atoms with Gasteiger partial charge in [-0.05, 0) is 29.8 Å². The quantitative estimate of drug-likeness (QED) is 0.886. The van der Waals surface area contributed by atoms with Gasteiger partial charge in [-0.3, -0.25) is 9.48 Å². The average Bonchev–Trinajstić information content (AvgIpc) is 2.82. The number of nitrogens with zero attached hydrogens (tertiary/aromatic N) is 3. The zero-order valence-corrected chi connectivity index (χ0v) is 12.8. The van der Waals surface area contributed by atoms with Crippen LogP contribution in [-0.2, 0) is 13.2 Å². The molecular formula is C11H10BrF3N4O2. The summed E-state index contributed by atoms with van der Waals surface area (Å²) in [6.45, 7) is 3.17. The van der Waals surface area contributed by atoms with Gasteiger partial charge in [0.1, 0.15) is 11.4 Å². The Morgan fingerprint density at radius 1 is 1.38 bits per heavy atom. The average molecular weight is 367 g/mol. The molecule has 2 heterocycles. The highest BCUT2D eigenvalue weighted by Crippen LogP contribution is 2.36. The van der Waals surface area contributed by atoms with Crippen molar-refractivity contribution in [3.8, 4) is 0 Å². The molecule has 0 radical (unpaired) electrons. The van der Waals surface area contributed by atoms with Crippen LogP contribution in [0.5, 0.6) is 0 Å². The molecule has 2 aromatic rings. The van der Waals surface area contributed by atoms with Crippen LogP contribution in [-0.4, -0.2) is 20.8 Å². The van der Waals surface area contributed by atoms with E-state index in [2.05, 4.69) is 31.5 Å². The van der Waals surface area contributed by atoms with Gasteiger partial charge in [-0.25, -0.2) is 0 Å². The summed E-state index contributed by atoms with van der Waals surface area (Å²) in [7, 11) is 1.11. The van der Waals surface area contributed by atoms with Gasteiger partial charge in [0.05, 0.1) is 4.47 Å². The molecule has 114 valence electrons. The van der Waals surface area contributed by atoms with E-state index in [0.29, 0.717) is 21.8 Å². The molecule has 0 atom stereocenters. The van der Waals surface area contributed by atoms with E-state index in [0.717, 1.165) is 7.05 Å². The molecule has 0 bridgehead atoms. The smallest absolute Gasteiger partial charge is 0.359 e. The normalized spacial score (nSPS) is 11.8. The van der Waals surface area contributed by atoms with Crippen LogP contribution in [0.2, 0.25) is 0 Å². The van der Waals surface area contributed by atoms with Crippen LogP contribution in [0.4, 0.5) is 18.9 Å². The molecule has 0 aliphatic heterocycles. The van der Waals surface area contributed by atoms with Crippen LogP contribution in [0.1, 0.15) is 27.6 Å². The second-order valence-electron chi connectivity index (χ2n) is 4.29. The third-order valence-corrected chi connectivity index (χ3v) is 3.50. The van der Waals surface area contributed by atoms with Gasteiger partial charge in [-0.1, -0.05) is 5.16 Å². The van der Waals surface area contributed by atoms with Crippen molar-refractivity contribution in [2.45, 2.75) is 20.0 Å². The van der Waals surface area contributed by atoms with E-state index in [9.17, 15) is 18.0 Å². The fourth-order valence-corrected chi connectivity index (χ4v) is 2.53. The Bertz CT molecular complexity index is 686. The number of alkyl halides is 3. The van der Waals surface area contributed by atoms with Crippen LogP contribution in [0.25, 0.3) is 0 Å². The number of hydrogen-bond donors (Lipinski definition) is 1. The molecule has 1 N–H and O–H groups in total. The molecule has 0 aromatic carbocycles. The standard InChI is InChI=1S/C11H10BrF3N4O2/c1-4-7(5(2)21-18-4)16-10(20)8-6(12)9(11(13,14)15)19(3)17-8/h1-3H3,(H,16,20). The Hall–Kier alpha value is -1.84. The highest BCUT2D eigenvalue weighted by atomic mass is 79.9. The maximum atomic E-state index is 12.8. The summed E-state index contributed by atoms with van der Waals surface area (Å²) in [5.74, 6) is -0.439. The summed E-state index contributed by atoms with van der Waals surface area (Å²) in [4.78, 5) is 12.1. The number of rotatable bonds is 2. The predicted octanol–water partition coefficient (Wildman–Crippen LogP) is 3.06. The van der Waals surface area contributed by atoms with Crippen LogP contribution in [0.3, 0.4) is 0 Å². The summed E-state index contributed by atoms with van der Waals surface area (Å²) in [6, 6.07) is 0. The van der Waals surface area contributed by atoms with Crippen molar-refractivity contribution >= 4 is 27.5 Å². The van der Waals surface area contributed by atoms with Crippen molar-refractivity contribution in [1.82, 2.24) is 14.9 Å². The van der Waals surface area contributed by atoms with Crippen LogP contribution in [0.15, 0.2) is 9.00 Å². The minimum Gasteiger partial charge on any atom is -0.359 e. The van der Waals surface area contributed by atoms with Gasteiger partial charge in [-0.2, -0.15) is 18.3 Å². The number of anilines is 1. The number of hydrogen-bond acceptors (Lipinski definition) is 4. The van der Waals surface area contributed by atoms with Crippen LogP contribution >= 0.6 is 15.9 Å². The minimum absolute atomic E-state index is 0.311. The monoisotopic (exact) mass is 366 g/mol. The van der Waals surface area contributed by atoms with E-state index in [4.69, 9.17) is 4.52 Å². The largest absolute Gasteiger partial charge is 0.434 e. The summed E-state index contributed by atoms with van der Waals surface area (Å²) in [6.07, 6.45) is -4.62. The molecule has 10 heteroatoms. The first-order valence-corrected chi connectivity index (χ1v) is 6.46. The highest BCUT2D eigenvalue weighted by molar-refractivity contribution is 9.10. The SMILES string of the molecule is Cc1noc(C)c1NC(=O)c1nn(C)c(C(F)(F)F)c1Br. The van der Waals surface area contributed by atoms with E-state index in [1.807, 2.05) is 0 Å². The maximum Gasteiger partial charge on any atom is 0.434 e. The van der Waals surface area contributed by atoms with Gasteiger partial charge < -0.3 is 9.84 Å². The Balaban J connectivity index is 2.38. The highest BCUT2D eigenvalue weighted by Gasteiger charge is 2.39. The van der Waals surface area contributed by atoms with Gasteiger partial charge in [0, 0.05) is 7.05 Å². The summed E-state index contributed by atoms with van der Waals surface area (Å²) < 4.78 is 43.6. The lowest BCUT2D eigenvalue weighted by Gasteiger charge is -2.06. The predicted molar refractivity (Wildman–Crippen MR) is 69.8 cm³/mol. The summed E-state index contributed by atoms with van der Waals surface area (Å²) in [5.41, 5.74) is -0.675. The molecule has 6 nitrogen and oxygen atoms in total. The molecule has 2 rings (SSSR count). The zero-order valence-electron chi connectivity index (χ0n) is 11.2. The topological polar surface area (TPSA) is 73.0 Å². The van der Waals surface area contributed by atoms with E-state index in [1.165, 1.54) is 0 Å². The molecule has 0 spiro atoms. The lowest BCUT2D eigenvalue weighted by Crippen LogP contribution is -2.14. The Morgan fingerprint density at radius 3 is 2.43 bits per heavy atom. The second kappa shape index (κ2) is 5.17. The van der Waals surface area contributed by atoms with Crippen LogP contribution < -0.4 is 5.32 Å². The third-order valence-electron chi connectivity index (χ3n) is 2.74. The van der Waals surface area contributed by atoms with Gasteiger partial charge in [0.2, 0.25) is 0 Å². The van der Waals surface area contributed by atoms with Crippen molar-refractivity contribution in [3.63, 3.8) is 0 Å². The first kappa shape index (κ1) is 15.5. The lowest BCUT2D eigenvalue weighted by molar-refractivity contribution is -0.144. The number of amides is 1. The number of aryl methyl sites for hydroxylation is 3. The molecule has 0 fully saturated rings. The van der Waals surface area contributed by atoms with Crippen LogP contribution in [0, 0.1) is 13.8 Å². The molecule has 2 aromatic heterocycles. The van der Waals surface area contributed by atoms with E-state index >= 15 is 0 Å². The van der Waals surface area contributed by atoms with E-state index < -0.39 is 22.3 Å². The minimum atomic E-state index is -4.62. The number of halogens is 4.